The lowest BCUT2D eigenvalue weighted by Crippen LogP contribution is -2.46. The molecule has 0 spiro atoms. The molecular formula is C13H18N2O4. The number of aromatic carboxylic acids is 1. The second-order valence-corrected chi connectivity index (χ2v) is 4.89. The van der Waals surface area contributed by atoms with E-state index in [2.05, 4.69) is 5.32 Å². The number of carbonyl (C=O) groups excluding carboxylic acids is 1. The Bertz CT molecular complexity index is 495. The zero-order valence-corrected chi connectivity index (χ0v) is 11.1. The minimum atomic E-state index is -1.06. The van der Waals surface area contributed by atoms with E-state index in [1.165, 1.54) is 0 Å². The van der Waals surface area contributed by atoms with Gasteiger partial charge in [0.25, 0.3) is 0 Å². The molecule has 0 aromatic carbocycles. The third-order valence-electron chi connectivity index (χ3n) is 3.44. The summed E-state index contributed by atoms with van der Waals surface area (Å²) < 4.78 is 5.15. The summed E-state index contributed by atoms with van der Waals surface area (Å²) in [5.74, 6) is -0.307. The molecule has 0 aliphatic carbocycles. The average Bonchev–Trinajstić information content (AvgIpc) is 2.73. The first-order valence-electron chi connectivity index (χ1n) is 6.27. The lowest BCUT2D eigenvalue weighted by Gasteiger charge is -2.30. The smallest absolute Gasteiger partial charge is 0.371 e. The van der Waals surface area contributed by atoms with Gasteiger partial charge in [-0.2, -0.15) is 0 Å². The molecule has 1 aromatic rings. The lowest BCUT2D eigenvalue weighted by molar-refractivity contribution is -0.132. The summed E-state index contributed by atoms with van der Waals surface area (Å²) in [5, 5.41) is 12.2. The number of piperidine rings is 1. The Hall–Kier alpha value is -1.82. The molecule has 1 saturated heterocycles. The molecule has 2 heterocycles. The molecule has 1 fully saturated rings. The number of furan rings is 1. The van der Waals surface area contributed by atoms with E-state index >= 15 is 0 Å². The molecule has 2 rings (SSSR count). The minimum Gasteiger partial charge on any atom is -0.475 e. The topological polar surface area (TPSA) is 82.8 Å². The SMILES string of the molecule is Cc1oc(C(=O)O)cc1CNC1CCC(=O)N(C)C1. The molecule has 0 saturated carbocycles. The van der Waals surface area contributed by atoms with Gasteiger partial charge in [0.1, 0.15) is 5.76 Å². The summed E-state index contributed by atoms with van der Waals surface area (Å²) in [6.45, 7) is 2.98. The second-order valence-electron chi connectivity index (χ2n) is 4.89. The number of likely N-dealkylation sites (tertiary alicyclic amines) is 1. The first-order chi connectivity index (χ1) is 8.97. The highest BCUT2D eigenvalue weighted by molar-refractivity contribution is 5.84. The highest BCUT2D eigenvalue weighted by atomic mass is 16.4. The molecule has 6 heteroatoms. The van der Waals surface area contributed by atoms with Crippen molar-refractivity contribution < 1.29 is 19.1 Å². The highest BCUT2D eigenvalue weighted by Gasteiger charge is 2.22. The van der Waals surface area contributed by atoms with Crippen molar-refractivity contribution in [3.05, 3.63) is 23.2 Å². The van der Waals surface area contributed by atoms with Gasteiger partial charge in [-0.15, -0.1) is 0 Å². The summed E-state index contributed by atoms with van der Waals surface area (Å²) in [4.78, 5) is 23.9. The molecule has 1 atom stereocenters. The zero-order valence-electron chi connectivity index (χ0n) is 11.1. The molecule has 1 amide bonds. The quantitative estimate of drug-likeness (QED) is 0.849. The lowest BCUT2D eigenvalue weighted by atomic mass is 10.1. The molecule has 0 bridgehead atoms. The molecule has 19 heavy (non-hydrogen) atoms. The van der Waals surface area contributed by atoms with Gasteiger partial charge in [-0.3, -0.25) is 4.79 Å². The maximum atomic E-state index is 11.4. The predicted molar refractivity (Wildman–Crippen MR) is 67.9 cm³/mol. The predicted octanol–water partition coefficient (Wildman–Crippen LogP) is 0.997. The number of aryl methyl sites for hydroxylation is 1. The van der Waals surface area contributed by atoms with Crippen molar-refractivity contribution in [3.8, 4) is 0 Å². The normalized spacial score (nSPS) is 19.8. The fraction of sp³-hybridized carbons (Fsp3) is 0.538. The van der Waals surface area contributed by atoms with Crippen LogP contribution in [0.2, 0.25) is 0 Å². The van der Waals surface area contributed by atoms with Crippen molar-refractivity contribution in [2.75, 3.05) is 13.6 Å². The number of amides is 1. The van der Waals surface area contributed by atoms with E-state index in [0.717, 1.165) is 12.0 Å². The van der Waals surface area contributed by atoms with Gasteiger partial charge in [0.2, 0.25) is 11.7 Å². The maximum absolute atomic E-state index is 11.4. The average molecular weight is 266 g/mol. The number of carboxylic acid groups (broad SMARTS) is 1. The van der Waals surface area contributed by atoms with E-state index in [1.54, 1.807) is 24.9 Å². The third kappa shape index (κ3) is 3.14. The molecule has 1 aromatic heterocycles. The largest absolute Gasteiger partial charge is 0.475 e. The van der Waals surface area contributed by atoms with E-state index < -0.39 is 5.97 Å². The van der Waals surface area contributed by atoms with Crippen LogP contribution in [0.5, 0.6) is 0 Å². The Balaban J connectivity index is 1.92. The van der Waals surface area contributed by atoms with Crippen LogP contribution in [0.1, 0.15) is 34.7 Å². The standard InChI is InChI=1S/C13H18N2O4/c1-8-9(5-11(19-8)13(17)18)6-14-10-3-4-12(16)15(2)7-10/h5,10,14H,3-4,6-7H2,1-2H3,(H,17,18). The molecule has 104 valence electrons. The summed E-state index contributed by atoms with van der Waals surface area (Å²) in [6, 6.07) is 1.79. The van der Waals surface area contributed by atoms with Crippen LogP contribution in [-0.4, -0.2) is 41.5 Å². The van der Waals surface area contributed by atoms with Crippen molar-refractivity contribution in [1.29, 1.82) is 0 Å². The Morgan fingerprint density at radius 3 is 2.95 bits per heavy atom. The van der Waals surface area contributed by atoms with Crippen molar-refractivity contribution >= 4 is 11.9 Å². The number of nitrogens with zero attached hydrogens (tertiary/aromatic N) is 1. The Morgan fingerprint density at radius 2 is 2.37 bits per heavy atom. The summed E-state index contributed by atoms with van der Waals surface area (Å²) in [6.07, 6.45) is 1.37. The first kappa shape index (κ1) is 13.6. The Kier molecular flexibility index (Phi) is 3.90. The minimum absolute atomic E-state index is 0.0368. The third-order valence-corrected chi connectivity index (χ3v) is 3.44. The van der Waals surface area contributed by atoms with Crippen LogP contribution in [0.3, 0.4) is 0 Å². The number of rotatable bonds is 4. The number of likely N-dealkylation sites (N-methyl/N-ethyl adjacent to an activating group) is 1. The zero-order chi connectivity index (χ0) is 14.0. The molecule has 1 unspecified atom stereocenters. The van der Waals surface area contributed by atoms with Gasteiger partial charge in [-0.05, 0) is 19.4 Å². The summed E-state index contributed by atoms with van der Waals surface area (Å²) >= 11 is 0. The number of hydrogen-bond acceptors (Lipinski definition) is 4. The van der Waals surface area contributed by atoms with Crippen LogP contribution in [-0.2, 0) is 11.3 Å². The van der Waals surface area contributed by atoms with Gasteiger partial charge >= 0.3 is 5.97 Å². The van der Waals surface area contributed by atoms with Crippen molar-refractivity contribution in [1.82, 2.24) is 10.2 Å². The van der Waals surface area contributed by atoms with Gasteiger partial charge in [-0.25, -0.2) is 4.79 Å². The monoisotopic (exact) mass is 266 g/mol. The molecule has 1 aliphatic rings. The van der Waals surface area contributed by atoms with Crippen molar-refractivity contribution in [3.63, 3.8) is 0 Å². The van der Waals surface area contributed by atoms with E-state index in [1.807, 2.05) is 0 Å². The second kappa shape index (κ2) is 5.44. The van der Waals surface area contributed by atoms with Crippen LogP contribution < -0.4 is 5.32 Å². The fourth-order valence-corrected chi connectivity index (χ4v) is 2.23. The molecule has 2 N–H and O–H groups in total. The number of carbonyl (C=O) groups is 2. The van der Waals surface area contributed by atoms with E-state index in [9.17, 15) is 9.59 Å². The van der Waals surface area contributed by atoms with E-state index in [4.69, 9.17) is 9.52 Å². The van der Waals surface area contributed by atoms with Crippen LogP contribution in [0.25, 0.3) is 0 Å². The molecule has 6 nitrogen and oxygen atoms in total. The highest BCUT2D eigenvalue weighted by Crippen LogP contribution is 2.16. The first-order valence-corrected chi connectivity index (χ1v) is 6.27. The van der Waals surface area contributed by atoms with Crippen LogP contribution in [0.4, 0.5) is 0 Å². The van der Waals surface area contributed by atoms with Gasteiger partial charge in [-0.1, -0.05) is 0 Å². The Morgan fingerprint density at radius 1 is 1.63 bits per heavy atom. The van der Waals surface area contributed by atoms with Crippen LogP contribution in [0.15, 0.2) is 10.5 Å². The van der Waals surface area contributed by atoms with E-state index in [0.29, 0.717) is 25.3 Å². The fourth-order valence-electron chi connectivity index (χ4n) is 2.23. The van der Waals surface area contributed by atoms with Crippen molar-refractivity contribution in [2.24, 2.45) is 0 Å². The Labute approximate surface area is 111 Å². The van der Waals surface area contributed by atoms with E-state index in [-0.39, 0.29) is 17.7 Å². The number of carboxylic acids is 1. The van der Waals surface area contributed by atoms with Gasteiger partial charge < -0.3 is 19.7 Å². The molecular weight excluding hydrogens is 248 g/mol. The van der Waals surface area contributed by atoms with Crippen LogP contribution in [0, 0.1) is 6.92 Å². The van der Waals surface area contributed by atoms with Crippen LogP contribution >= 0.6 is 0 Å². The van der Waals surface area contributed by atoms with Gasteiger partial charge in [0.15, 0.2) is 0 Å². The van der Waals surface area contributed by atoms with Gasteiger partial charge in [0, 0.05) is 38.2 Å². The molecule has 0 radical (unpaired) electrons. The number of nitrogens with one attached hydrogen (secondary N) is 1. The summed E-state index contributed by atoms with van der Waals surface area (Å²) in [5.41, 5.74) is 0.844. The maximum Gasteiger partial charge on any atom is 0.371 e. The summed E-state index contributed by atoms with van der Waals surface area (Å²) in [7, 11) is 1.79. The number of hydrogen-bond donors (Lipinski definition) is 2. The van der Waals surface area contributed by atoms with Gasteiger partial charge in [0.05, 0.1) is 0 Å². The van der Waals surface area contributed by atoms with Crippen molar-refractivity contribution in [2.45, 2.75) is 32.4 Å². The molecule has 1 aliphatic heterocycles.